The molecule has 0 fully saturated rings. The van der Waals surface area contributed by atoms with Crippen LogP contribution in [0.1, 0.15) is 40.1 Å². The topological polar surface area (TPSA) is 119 Å². The second-order valence-electron chi connectivity index (χ2n) is 10.6. The van der Waals surface area contributed by atoms with Crippen molar-refractivity contribution >= 4 is 41.3 Å². The molecule has 2 aliphatic rings. The quantitative estimate of drug-likeness (QED) is 0.141. The highest BCUT2D eigenvalue weighted by molar-refractivity contribution is 7.98. The summed E-state index contributed by atoms with van der Waals surface area (Å²) in [7, 11) is 0. The third-order valence-corrected chi connectivity index (χ3v) is 9.04. The zero-order valence-corrected chi connectivity index (χ0v) is 26.7. The Morgan fingerprint density at radius 3 is 2.49 bits per heavy atom. The maximum atomic E-state index is 14.2. The van der Waals surface area contributed by atoms with E-state index in [-0.39, 0.29) is 0 Å². The lowest BCUT2D eigenvalue weighted by molar-refractivity contribution is -0.173. The molecule has 0 saturated heterocycles. The molecule has 1 aromatic heterocycles. The lowest BCUT2D eigenvalue weighted by Gasteiger charge is -2.46. The van der Waals surface area contributed by atoms with Gasteiger partial charge in [-0.05, 0) is 30.2 Å². The Kier molecular flexibility index (Phi) is 10.3. The van der Waals surface area contributed by atoms with Crippen LogP contribution in [0.3, 0.4) is 0 Å². The first-order chi connectivity index (χ1) is 23.1. The van der Waals surface area contributed by atoms with E-state index in [1.54, 1.807) is 30.3 Å². The van der Waals surface area contributed by atoms with Gasteiger partial charge in [0.1, 0.15) is 25.4 Å². The van der Waals surface area contributed by atoms with Gasteiger partial charge in [0.25, 0.3) is 5.91 Å². The fourth-order valence-corrected chi connectivity index (χ4v) is 6.59. The first-order valence-electron chi connectivity index (χ1n) is 14.3. The number of hydrogen-bond acceptors (Lipinski definition) is 9. The van der Waals surface area contributed by atoms with Crippen LogP contribution in [0.2, 0.25) is 5.02 Å². The fraction of sp³-hybridized carbons (Fsp3) is 0.333. The number of alkyl halides is 6. The van der Waals surface area contributed by atoms with Crippen LogP contribution in [0.25, 0.3) is 0 Å². The number of thioether (sulfide) groups is 1. The molecule has 262 valence electrons. The van der Waals surface area contributed by atoms with E-state index in [4.69, 9.17) is 21.1 Å². The lowest BCUT2D eigenvalue weighted by Crippen LogP contribution is -2.60. The Hall–Kier alpha value is -4.58. The summed E-state index contributed by atoms with van der Waals surface area (Å²) in [5.74, 6) is -3.75. The van der Waals surface area contributed by atoms with Gasteiger partial charge in [0.05, 0.1) is 6.54 Å². The van der Waals surface area contributed by atoms with Crippen LogP contribution >= 0.6 is 23.4 Å². The number of amides is 2. The van der Waals surface area contributed by atoms with Gasteiger partial charge in [0.15, 0.2) is 5.69 Å². The molecule has 0 radical (unpaired) electrons. The Labute approximate surface area is 282 Å². The Balaban J connectivity index is 1.50. The van der Waals surface area contributed by atoms with E-state index in [0.717, 1.165) is 23.4 Å². The summed E-state index contributed by atoms with van der Waals surface area (Å²) in [4.78, 5) is 51.0. The molecule has 2 atom stereocenters. The van der Waals surface area contributed by atoms with E-state index in [1.165, 1.54) is 33.0 Å². The van der Waals surface area contributed by atoms with Gasteiger partial charge < -0.3 is 24.4 Å². The second kappa shape index (κ2) is 14.1. The third-order valence-electron chi connectivity index (χ3n) is 7.57. The predicted molar refractivity (Wildman–Crippen MR) is 162 cm³/mol. The monoisotopic (exact) mass is 734 g/mol. The molecule has 0 aliphatic carbocycles. The highest BCUT2D eigenvalue weighted by atomic mass is 35.5. The fourth-order valence-electron chi connectivity index (χ4n) is 5.21. The van der Waals surface area contributed by atoms with Gasteiger partial charge in [-0.25, -0.2) is 4.79 Å². The lowest BCUT2D eigenvalue weighted by atomic mass is 9.94. The Morgan fingerprint density at radius 2 is 1.78 bits per heavy atom. The molecule has 2 aromatic carbocycles. The molecular formula is C30H25ClF6N4O7S. The number of aromatic nitrogens is 1. The molecule has 0 unspecified atom stereocenters. The molecule has 3 heterocycles. The smallest absolute Gasteiger partial charge is 0.451 e. The summed E-state index contributed by atoms with van der Waals surface area (Å²) in [6.45, 7) is -2.33. The van der Waals surface area contributed by atoms with Gasteiger partial charge in [-0.2, -0.15) is 26.3 Å². The molecule has 1 N–H and O–H groups in total. The summed E-state index contributed by atoms with van der Waals surface area (Å²) in [6, 6.07) is 10.2. The van der Waals surface area contributed by atoms with Crippen molar-refractivity contribution in [1.29, 1.82) is 0 Å². The van der Waals surface area contributed by atoms with Crippen molar-refractivity contribution in [3.05, 3.63) is 92.4 Å². The van der Waals surface area contributed by atoms with Crippen LogP contribution in [0, 0.1) is 0 Å². The molecule has 19 heteroatoms. The minimum absolute atomic E-state index is 0.316. The third kappa shape index (κ3) is 7.54. The van der Waals surface area contributed by atoms with E-state index in [2.05, 4.69) is 4.74 Å². The number of nitrogens with zero attached hydrogens (tertiary/aromatic N) is 3. The summed E-state index contributed by atoms with van der Waals surface area (Å²) < 4.78 is 95.2. The van der Waals surface area contributed by atoms with Crippen LogP contribution in [0.5, 0.6) is 5.75 Å². The number of ether oxygens (including phenoxy) is 3. The van der Waals surface area contributed by atoms with E-state index in [9.17, 15) is 45.5 Å². The van der Waals surface area contributed by atoms with E-state index in [1.807, 2.05) is 12.1 Å². The van der Waals surface area contributed by atoms with Gasteiger partial charge in [0.2, 0.25) is 18.0 Å². The van der Waals surface area contributed by atoms with Crippen LogP contribution in [-0.2, 0) is 20.0 Å². The number of carbonyl (C=O) groups excluding carboxylic acids is 3. The summed E-state index contributed by atoms with van der Waals surface area (Å²) in [5, 5.41) is 3.24. The minimum Gasteiger partial charge on any atom is -0.451 e. The minimum atomic E-state index is -5.15. The summed E-state index contributed by atoms with van der Waals surface area (Å²) >= 11 is 8.24. The normalized spacial score (nSPS) is 16.5. The summed E-state index contributed by atoms with van der Waals surface area (Å²) in [6.07, 6.45) is -10.3. The standard InChI is InChI=1S/C30H25ClF6N4O7S/c1-16(29(32,33)34)39-14-41(23-18-6-2-3-8-21(18)49-13-17-5-4-7-19(31)22(17)23)40-11-9-20(42)25(24(40)26(39)43)47-15-48-28(45)46-12-10-38-27(44)30(35,36)37/h2-9,11,16,23H,10,12-15H2,1H3,(H,38,44)/t16-,23+/m1/s1. The molecule has 5 rings (SSSR count). The second-order valence-corrected chi connectivity index (χ2v) is 12.0. The highest BCUT2D eigenvalue weighted by Gasteiger charge is 2.48. The number of benzene rings is 2. The Morgan fingerprint density at radius 1 is 1.04 bits per heavy atom. The van der Waals surface area contributed by atoms with Gasteiger partial charge >= 0.3 is 24.4 Å². The molecular weight excluding hydrogens is 710 g/mol. The number of halogens is 7. The number of rotatable bonds is 8. The van der Waals surface area contributed by atoms with Crippen LogP contribution in [0.15, 0.2) is 64.4 Å². The van der Waals surface area contributed by atoms with Crippen LogP contribution in [0.4, 0.5) is 31.1 Å². The van der Waals surface area contributed by atoms with E-state index in [0.29, 0.717) is 26.8 Å². The van der Waals surface area contributed by atoms with Gasteiger partial charge in [0, 0.05) is 33.5 Å². The SMILES string of the molecule is C[C@@H](N1CN([C@H]2c3ccccc3SCc3cccc(Cl)c32)n2ccc(=O)c(OCOC(=O)OCCNC(=O)C(F)(F)F)c2C1=O)C(F)(F)F. The highest BCUT2D eigenvalue weighted by Crippen LogP contribution is 2.45. The molecule has 49 heavy (non-hydrogen) atoms. The van der Waals surface area contributed by atoms with Gasteiger partial charge in [-0.1, -0.05) is 41.9 Å². The van der Waals surface area contributed by atoms with E-state index < -0.39 is 85.9 Å². The maximum absolute atomic E-state index is 14.2. The molecule has 3 aromatic rings. The van der Waals surface area contributed by atoms with Crippen molar-refractivity contribution in [1.82, 2.24) is 14.9 Å². The molecule has 2 aliphatic heterocycles. The van der Waals surface area contributed by atoms with Crippen LogP contribution in [-0.4, -0.2) is 72.6 Å². The molecule has 0 bridgehead atoms. The number of fused-ring (bicyclic) bond motifs is 3. The molecule has 11 nitrogen and oxygen atoms in total. The molecule has 0 spiro atoms. The first-order valence-corrected chi connectivity index (χ1v) is 15.6. The maximum Gasteiger partial charge on any atom is 0.511 e. The average Bonchev–Trinajstić information content (AvgIpc) is 3.21. The Bertz CT molecular complexity index is 1820. The molecule has 2 amide bonds. The number of carbonyl (C=O) groups is 3. The largest absolute Gasteiger partial charge is 0.511 e. The van der Waals surface area contributed by atoms with Crippen molar-refractivity contribution < 1.29 is 54.9 Å². The zero-order valence-electron chi connectivity index (χ0n) is 25.1. The number of pyridine rings is 1. The number of hydrogen-bond donors (Lipinski definition) is 1. The van der Waals surface area contributed by atoms with Crippen molar-refractivity contribution in [2.75, 3.05) is 31.6 Å². The predicted octanol–water partition coefficient (Wildman–Crippen LogP) is 5.37. The molecule has 0 saturated carbocycles. The van der Waals surface area contributed by atoms with Gasteiger partial charge in [-0.3, -0.25) is 24.1 Å². The van der Waals surface area contributed by atoms with Crippen molar-refractivity contribution in [2.45, 2.75) is 42.0 Å². The van der Waals surface area contributed by atoms with Crippen molar-refractivity contribution in [3.8, 4) is 5.75 Å². The first kappa shape index (κ1) is 35.7. The van der Waals surface area contributed by atoms with Crippen molar-refractivity contribution in [2.24, 2.45) is 0 Å². The zero-order chi connectivity index (χ0) is 35.7. The van der Waals surface area contributed by atoms with Crippen LogP contribution < -0.4 is 20.5 Å². The van der Waals surface area contributed by atoms with Gasteiger partial charge in [-0.15, -0.1) is 11.8 Å². The van der Waals surface area contributed by atoms with E-state index >= 15 is 0 Å². The number of nitrogens with one attached hydrogen (secondary N) is 1. The van der Waals surface area contributed by atoms with Crippen molar-refractivity contribution in [3.63, 3.8) is 0 Å². The summed E-state index contributed by atoms with van der Waals surface area (Å²) in [5.41, 5.74) is 0.473. The average molecular weight is 735 g/mol.